The van der Waals surface area contributed by atoms with E-state index >= 15 is 0 Å². The number of nitrogens with one attached hydrogen (secondary N) is 6. The smallest absolute Gasteiger partial charge is 0.343 e. The number of imide groups is 1. The second kappa shape index (κ2) is 22.9. The summed E-state index contributed by atoms with van der Waals surface area (Å²) < 4.78 is 23.2. The number of carbonyl (C=O) groups excluding carboxylic acids is 9. The first-order chi connectivity index (χ1) is 35.6. The molecule has 0 saturated heterocycles. The van der Waals surface area contributed by atoms with Gasteiger partial charge in [0.2, 0.25) is 42.2 Å². The predicted molar refractivity (Wildman–Crippen MR) is 257 cm³/mol. The summed E-state index contributed by atoms with van der Waals surface area (Å²) in [6, 6.07) is 13.6. The maximum atomic E-state index is 14.2. The summed E-state index contributed by atoms with van der Waals surface area (Å²) in [5.41, 5.74) is 0.127. The van der Waals surface area contributed by atoms with Crippen molar-refractivity contribution in [2.75, 3.05) is 52.9 Å². The van der Waals surface area contributed by atoms with E-state index in [1.54, 1.807) is 55.5 Å². The largest absolute Gasteiger partial charge is 0.458 e. The van der Waals surface area contributed by atoms with E-state index in [4.69, 9.17) is 23.9 Å². The molecule has 74 heavy (non-hydrogen) atoms. The normalized spacial score (nSPS) is 17.2. The Bertz CT molecular complexity index is 3000. The standard InChI is InChI=1S/C50H53N9O15/c1-2-50(70)32-18-35-46-30(16-29-17-37-38(74-27-73-37)19-33(29)57-46)36(59(35)48(68)31(32)24-72-49(50)69)20-51-43(64)25-71-26-55-41(62)22-54-47(67)34(15-28-9-5-3-6-10-28)56-42(63)23-53-40(61)21-52-39(60)11-7-4-8-14-58-44(65)12-13-45(58)66/h3,5-6,9-10,12-13,16-19,34,36,70H,2,4,7-8,11,14-15,20-27H2,1H3,(H,51,64)(H,52,60)(H,53,61)(H,54,67)(H,55,62)(H,56,63)/t34-,36?,50-/m0/s1. The van der Waals surface area contributed by atoms with Crippen LogP contribution in [-0.2, 0) is 71.3 Å². The number of unbranched alkanes of at least 4 members (excludes halogenated alkanes) is 2. The average Bonchev–Trinajstić information content (AvgIpc) is 4.08. The van der Waals surface area contributed by atoms with E-state index in [-0.39, 0.29) is 68.7 Å². The van der Waals surface area contributed by atoms with Gasteiger partial charge < -0.3 is 56.0 Å². The van der Waals surface area contributed by atoms with Gasteiger partial charge in [-0.05, 0) is 43.0 Å². The molecule has 0 fully saturated rings. The number of nitrogens with zero attached hydrogens (tertiary/aromatic N) is 3. The van der Waals surface area contributed by atoms with Crippen molar-refractivity contribution in [3.05, 3.63) is 99.4 Å². The Labute approximate surface area is 421 Å². The molecule has 6 heterocycles. The summed E-state index contributed by atoms with van der Waals surface area (Å²) in [5, 5.41) is 27.1. The van der Waals surface area contributed by atoms with E-state index in [1.807, 2.05) is 6.07 Å². The third-order valence-electron chi connectivity index (χ3n) is 12.8. The maximum Gasteiger partial charge on any atom is 0.343 e. The lowest BCUT2D eigenvalue weighted by Crippen LogP contribution is -2.52. The fourth-order valence-electron chi connectivity index (χ4n) is 8.83. The van der Waals surface area contributed by atoms with Crippen molar-refractivity contribution in [1.29, 1.82) is 0 Å². The summed E-state index contributed by atoms with van der Waals surface area (Å²) in [7, 11) is 0. The Kier molecular flexibility index (Phi) is 16.1. The van der Waals surface area contributed by atoms with Gasteiger partial charge >= 0.3 is 5.97 Å². The number of hydrogen-bond acceptors (Lipinski definition) is 16. The molecule has 7 N–H and O–H groups in total. The monoisotopic (exact) mass is 1020 g/mol. The Hall–Kier alpha value is -8.51. The lowest BCUT2D eigenvalue weighted by Gasteiger charge is -2.32. The molecule has 0 saturated carbocycles. The number of amides is 8. The van der Waals surface area contributed by atoms with Gasteiger partial charge in [-0.1, -0.05) is 43.7 Å². The van der Waals surface area contributed by atoms with Crippen LogP contribution in [0.1, 0.15) is 67.3 Å². The van der Waals surface area contributed by atoms with Crippen LogP contribution in [0.3, 0.4) is 0 Å². The number of cyclic esters (lactones) is 1. The number of carbonyl (C=O) groups is 9. The summed E-state index contributed by atoms with van der Waals surface area (Å²) >= 11 is 0. The molecule has 24 nitrogen and oxygen atoms in total. The van der Waals surface area contributed by atoms with Crippen molar-refractivity contribution in [2.24, 2.45) is 0 Å². The molecular formula is C50H53N9O15. The average molecular weight is 1020 g/mol. The van der Waals surface area contributed by atoms with Crippen LogP contribution in [-0.4, -0.2) is 132 Å². The van der Waals surface area contributed by atoms with E-state index < -0.39 is 97.6 Å². The molecule has 8 amide bonds. The third-order valence-corrected chi connectivity index (χ3v) is 12.8. The van der Waals surface area contributed by atoms with E-state index in [9.17, 15) is 53.1 Å². The number of hydrogen-bond donors (Lipinski definition) is 7. The van der Waals surface area contributed by atoms with Crippen LogP contribution in [0.15, 0.2) is 71.5 Å². The highest BCUT2D eigenvalue weighted by Crippen LogP contribution is 2.44. The van der Waals surface area contributed by atoms with Crippen LogP contribution >= 0.6 is 0 Å². The molecule has 4 aliphatic heterocycles. The Morgan fingerprint density at radius 3 is 2.26 bits per heavy atom. The van der Waals surface area contributed by atoms with Crippen LogP contribution in [0.2, 0.25) is 0 Å². The predicted octanol–water partition coefficient (Wildman–Crippen LogP) is -0.883. The minimum absolute atomic E-state index is 0.0362. The molecule has 4 aromatic rings. The maximum absolute atomic E-state index is 14.2. The van der Waals surface area contributed by atoms with Gasteiger partial charge in [-0.15, -0.1) is 0 Å². The van der Waals surface area contributed by atoms with Gasteiger partial charge in [0, 0.05) is 60.7 Å². The third kappa shape index (κ3) is 11.7. The minimum Gasteiger partial charge on any atom is -0.458 e. The number of esters is 1. The fourth-order valence-corrected chi connectivity index (χ4v) is 8.83. The minimum atomic E-state index is -2.06. The quantitative estimate of drug-likeness (QED) is 0.0205. The highest BCUT2D eigenvalue weighted by molar-refractivity contribution is 6.12. The Balaban J connectivity index is 0.786. The molecule has 388 valence electrons. The summed E-state index contributed by atoms with van der Waals surface area (Å²) in [6.07, 6.45) is 4.06. The molecule has 0 aliphatic carbocycles. The lowest BCUT2D eigenvalue weighted by atomic mass is 9.86. The molecule has 4 aliphatic rings. The van der Waals surface area contributed by atoms with E-state index in [1.165, 1.54) is 16.7 Å². The zero-order chi connectivity index (χ0) is 52.5. The molecule has 2 aromatic heterocycles. The highest BCUT2D eigenvalue weighted by atomic mass is 16.7. The van der Waals surface area contributed by atoms with Gasteiger partial charge in [0.25, 0.3) is 17.4 Å². The van der Waals surface area contributed by atoms with E-state index in [2.05, 4.69) is 31.9 Å². The molecule has 0 spiro atoms. The number of ether oxygens (including phenoxy) is 4. The van der Waals surface area contributed by atoms with Crippen molar-refractivity contribution >= 4 is 64.1 Å². The van der Waals surface area contributed by atoms with E-state index in [0.29, 0.717) is 64.2 Å². The first kappa shape index (κ1) is 51.8. The number of pyridine rings is 2. The SMILES string of the molecule is CC[C@@]1(O)C(=O)OCc2c1cc1n(c2=O)C(CNC(=O)COCNC(=O)CNC(=O)[C@H](Cc2ccccc2)NC(=O)CNC(=O)CNC(=O)CCCCCN2C(=O)C=CC2=O)c2cc3cc4c(cc3nc2-1)OCO4. The number of fused-ring (bicyclic) bond motifs is 6. The molecule has 8 rings (SSSR count). The molecule has 0 radical (unpaired) electrons. The van der Waals surface area contributed by atoms with Crippen LogP contribution in [0.4, 0.5) is 0 Å². The first-order valence-corrected chi connectivity index (χ1v) is 23.9. The molecule has 24 heteroatoms. The van der Waals surface area contributed by atoms with Crippen LogP contribution in [0, 0.1) is 0 Å². The van der Waals surface area contributed by atoms with Crippen LogP contribution in [0.5, 0.6) is 11.5 Å². The van der Waals surface area contributed by atoms with Crippen molar-refractivity contribution in [2.45, 2.75) is 69.7 Å². The molecule has 3 atom stereocenters. The van der Waals surface area contributed by atoms with Crippen molar-refractivity contribution in [1.82, 2.24) is 46.4 Å². The number of rotatable bonds is 23. The Morgan fingerprint density at radius 2 is 1.50 bits per heavy atom. The number of aromatic nitrogens is 2. The van der Waals surface area contributed by atoms with Gasteiger partial charge in [-0.3, -0.25) is 52.6 Å². The second-order valence-corrected chi connectivity index (χ2v) is 17.7. The van der Waals surface area contributed by atoms with Gasteiger partial charge in [0.15, 0.2) is 17.1 Å². The molecular weight excluding hydrogens is 967 g/mol. The number of benzene rings is 2. The Morgan fingerprint density at radius 1 is 0.797 bits per heavy atom. The molecule has 0 bridgehead atoms. The lowest BCUT2D eigenvalue weighted by molar-refractivity contribution is -0.172. The van der Waals surface area contributed by atoms with Crippen LogP contribution in [0.25, 0.3) is 22.3 Å². The van der Waals surface area contributed by atoms with Crippen LogP contribution < -0.4 is 46.9 Å². The van der Waals surface area contributed by atoms with Gasteiger partial charge in [0.1, 0.15) is 26.0 Å². The summed E-state index contributed by atoms with van der Waals surface area (Å²) in [4.78, 5) is 133. The highest BCUT2D eigenvalue weighted by Gasteiger charge is 2.46. The molecule has 1 unspecified atom stereocenters. The number of aliphatic hydroxyl groups is 1. The van der Waals surface area contributed by atoms with Gasteiger partial charge in [-0.25, -0.2) is 9.78 Å². The van der Waals surface area contributed by atoms with Crippen molar-refractivity contribution in [3.8, 4) is 22.9 Å². The van der Waals surface area contributed by atoms with E-state index in [0.717, 1.165) is 4.90 Å². The summed E-state index contributed by atoms with van der Waals surface area (Å²) in [5.74, 6) is -4.38. The zero-order valence-corrected chi connectivity index (χ0v) is 40.1. The van der Waals surface area contributed by atoms with Crippen molar-refractivity contribution < 1.29 is 67.2 Å². The topological polar surface area (TPSA) is 321 Å². The zero-order valence-electron chi connectivity index (χ0n) is 40.1. The second-order valence-electron chi connectivity index (χ2n) is 17.7. The molecule has 2 aromatic carbocycles. The fraction of sp³-hybridized carbons (Fsp3) is 0.380. The van der Waals surface area contributed by atoms with Gasteiger partial charge in [-0.2, -0.15) is 0 Å². The summed E-state index contributed by atoms with van der Waals surface area (Å²) in [6.45, 7) is -0.985. The first-order valence-electron chi connectivity index (χ1n) is 23.9. The van der Waals surface area contributed by atoms with Crippen molar-refractivity contribution in [3.63, 3.8) is 0 Å². The van der Waals surface area contributed by atoms with Gasteiger partial charge in [0.05, 0.1) is 48.1 Å².